The number of amides is 1. The van der Waals surface area contributed by atoms with Crippen LogP contribution in [-0.2, 0) is 4.79 Å². The molecule has 0 aromatic carbocycles. The maximum atomic E-state index is 12.2. The fourth-order valence-corrected chi connectivity index (χ4v) is 3.12. The van der Waals surface area contributed by atoms with Gasteiger partial charge in [0.1, 0.15) is 6.10 Å². The van der Waals surface area contributed by atoms with Crippen molar-refractivity contribution in [2.24, 2.45) is 0 Å². The Labute approximate surface area is 166 Å². The Kier molecular flexibility index (Phi) is 15.5. The van der Waals surface area contributed by atoms with Crippen molar-refractivity contribution in [1.29, 1.82) is 0 Å². The summed E-state index contributed by atoms with van der Waals surface area (Å²) < 4.78 is 36.7. The molecule has 0 heterocycles. The van der Waals surface area contributed by atoms with Crippen LogP contribution in [-0.4, -0.2) is 52.3 Å². The van der Waals surface area contributed by atoms with E-state index in [-0.39, 0.29) is 6.42 Å². The van der Waals surface area contributed by atoms with Crippen molar-refractivity contribution >= 4 is 5.91 Å². The summed E-state index contributed by atoms with van der Waals surface area (Å²) in [5, 5.41) is 30.4. The van der Waals surface area contributed by atoms with Crippen molar-refractivity contribution in [2.45, 2.75) is 115 Å². The first-order valence-corrected chi connectivity index (χ1v) is 10.6. The lowest BCUT2D eigenvalue weighted by atomic mass is 9.99. The molecule has 0 bridgehead atoms. The van der Waals surface area contributed by atoms with E-state index in [2.05, 4.69) is 6.92 Å². The van der Waals surface area contributed by atoms with E-state index in [0.29, 0.717) is 6.42 Å². The molecule has 0 aromatic rings. The zero-order valence-electron chi connectivity index (χ0n) is 17.0. The summed E-state index contributed by atoms with van der Waals surface area (Å²) in [5.41, 5.74) is 0. The molecule has 5 nitrogen and oxygen atoms in total. The van der Waals surface area contributed by atoms with Gasteiger partial charge in [0.15, 0.2) is 0 Å². The second kappa shape index (κ2) is 16.0. The van der Waals surface area contributed by atoms with Crippen LogP contribution in [0.3, 0.4) is 0 Å². The van der Waals surface area contributed by atoms with E-state index in [0.717, 1.165) is 19.3 Å². The van der Waals surface area contributed by atoms with Crippen molar-refractivity contribution in [2.75, 3.05) is 6.61 Å². The third-order valence-electron chi connectivity index (χ3n) is 4.93. The fraction of sp³-hybridized carbons (Fsp3) is 0.950. The third-order valence-corrected chi connectivity index (χ3v) is 4.93. The number of aliphatic hydroxyl groups excluding tert-OH is 3. The number of rotatable bonds is 17. The molecule has 0 aliphatic heterocycles. The second-order valence-corrected chi connectivity index (χ2v) is 7.50. The molecule has 28 heavy (non-hydrogen) atoms. The summed E-state index contributed by atoms with van der Waals surface area (Å²) in [5.74, 6) is -2.25. The SMILES string of the molecule is CCCCCCCCCCCCCC[C@@H](O)[C@@H](O)[C@H](CO)NC(=O)C(F)(F)F. The van der Waals surface area contributed by atoms with E-state index >= 15 is 0 Å². The van der Waals surface area contributed by atoms with Gasteiger partial charge in [-0.1, -0.05) is 84.0 Å². The molecule has 0 unspecified atom stereocenters. The van der Waals surface area contributed by atoms with E-state index in [1.807, 2.05) is 0 Å². The van der Waals surface area contributed by atoms with Gasteiger partial charge < -0.3 is 20.6 Å². The predicted octanol–water partition coefficient (Wildman–Crippen LogP) is 3.84. The Balaban J connectivity index is 3.78. The van der Waals surface area contributed by atoms with Crippen LogP contribution in [0, 0.1) is 0 Å². The van der Waals surface area contributed by atoms with Gasteiger partial charge in [-0.25, -0.2) is 0 Å². The van der Waals surface area contributed by atoms with Crippen molar-refractivity contribution < 1.29 is 33.3 Å². The standard InChI is InChI=1S/C20H38F3NO4/c1-2-3-4-5-6-7-8-9-10-11-12-13-14-17(26)18(27)16(15-25)24-19(28)20(21,22)23/h16-18,25-27H,2-15H2,1H3,(H,24,28)/t16-,17+,18-/m0/s1. The molecule has 8 heteroatoms. The normalized spacial score (nSPS) is 15.2. The number of hydrogen-bond donors (Lipinski definition) is 4. The van der Waals surface area contributed by atoms with E-state index in [9.17, 15) is 28.2 Å². The summed E-state index contributed by atoms with van der Waals surface area (Å²) in [4.78, 5) is 10.9. The number of halogens is 3. The molecule has 0 radical (unpaired) electrons. The lowest BCUT2D eigenvalue weighted by Gasteiger charge is -2.26. The van der Waals surface area contributed by atoms with Crippen LogP contribution >= 0.6 is 0 Å². The first-order chi connectivity index (χ1) is 13.2. The van der Waals surface area contributed by atoms with Crippen LogP contribution in [0.25, 0.3) is 0 Å². The maximum Gasteiger partial charge on any atom is 0.471 e. The average Bonchev–Trinajstić information content (AvgIpc) is 2.65. The van der Waals surface area contributed by atoms with Gasteiger partial charge in [-0.3, -0.25) is 4.79 Å². The van der Waals surface area contributed by atoms with E-state index < -0.39 is 36.9 Å². The first-order valence-electron chi connectivity index (χ1n) is 10.6. The van der Waals surface area contributed by atoms with Gasteiger partial charge >= 0.3 is 12.1 Å². The predicted molar refractivity (Wildman–Crippen MR) is 103 cm³/mol. The summed E-state index contributed by atoms with van der Waals surface area (Å²) in [6.45, 7) is 1.31. The fourth-order valence-electron chi connectivity index (χ4n) is 3.12. The number of nitrogens with one attached hydrogen (secondary N) is 1. The number of carbonyl (C=O) groups is 1. The van der Waals surface area contributed by atoms with Gasteiger partial charge in [0.2, 0.25) is 0 Å². The molecular formula is C20H38F3NO4. The summed E-state index contributed by atoms with van der Waals surface area (Å²) in [7, 11) is 0. The van der Waals surface area contributed by atoms with Crippen LogP contribution in [0.5, 0.6) is 0 Å². The number of unbranched alkanes of at least 4 members (excludes halogenated alkanes) is 11. The van der Waals surface area contributed by atoms with Crippen LogP contribution in [0.2, 0.25) is 0 Å². The quantitative estimate of drug-likeness (QED) is 0.273. The minimum atomic E-state index is -5.10. The Morgan fingerprint density at radius 1 is 0.857 bits per heavy atom. The molecule has 0 saturated heterocycles. The van der Waals surface area contributed by atoms with Gasteiger partial charge in [0, 0.05) is 0 Å². The zero-order valence-corrected chi connectivity index (χ0v) is 17.0. The summed E-state index contributed by atoms with van der Waals surface area (Å²) in [6.07, 6.45) is 5.92. The molecule has 1 amide bonds. The van der Waals surface area contributed by atoms with Crippen molar-refractivity contribution in [3.05, 3.63) is 0 Å². The van der Waals surface area contributed by atoms with Crippen molar-refractivity contribution in [3.63, 3.8) is 0 Å². The molecule has 0 fully saturated rings. The Hall–Kier alpha value is -0.860. The van der Waals surface area contributed by atoms with E-state index in [1.165, 1.54) is 56.7 Å². The minimum absolute atomic E-state index is 0.205. The number of carbonyl (C=O) groups excluding carboxylic acids is 1. The molecular weight excluding hydrogens is 375 g/mol. The third kappa shape index (κ3) is 13.3. The Morgan fingerprint density at radius 2 is 1.29 bits per heavy atom. The smallest absolute Gasteiger partial charge is 0.394 e. The second-order valence-electron chi connectivity index (χ2n) is 7.50. The largest absolute Gasteiger partial charge is 0.471 e. The molecule has 0 saturated carbocycles. The minimum Gasteiger partial charge on any atom is -0.394 e. The number of alkyl halides is 3. The highest BCUT2D eigenvalue weighted by atomic mass is 19.4. The van der Waals surface area contributed by atoms with E-state index in [4.69, 9.17) is 5.11 Å². The molecule has 168 valence electrons. The van der Waals surface area contributed by atoms with Crippen LogP contribution in [0.15, 0.2) is 0 Å². The molecule has 0 rings (SSSR count). The van der Waals surface area contributed by atoms with Crippen molar-refractivity contribution in [3.8, 4) is 0 Å². The highest BCUT2D eigenvalue weighted by molar-refractivity contribution is 5.82. The monoisotopic (exact) mass is 413 g/mol. The molecule has 0 aliphatic carbocycles. The Bertz CT molecular complexity index is 394. The number of aliphatic hydroxyl groups is 3. The molecule has 0 aliphatic rings. The van der Waals surface area contributed by atoms with Gasteiger partial charge in [-0.05, 0) is 6.42 Å². The summed E-state index contributed by atoms with van der Waals surface area (Å²) >= 11 is 0. The van der Waals surface area contributed by atoms with E-state index in [1.54, 1.807) is 0 Å². The Morgan fingerprint density at radius 3 is 1.68 bits per heavy atom. The molecule has 3 atom stereocenters. The molecule has 0 aromatic heterocycles. The first kappa shape index (κ1) is 27.1. The van der Waals surface area contributed by atoms with Crippen LogP contribution in [0.4, 0.5) is 13.2 Å². The highest BCUT2D eigenvalue weighted by Crippen LogP contribution is 2.17. The lowest BCUT2D eigenvalue weighted by molar-refractivity contribution is -0.176. The van der Waals surface area contributed by atoms with Crippen LogP contribution in [0.1, 0.15) is 90.4 Å². The van der Waals surface area contributed by atoms with Crippen LogP contribution < -0.4 is 5.32 Å². The van der Waals surface area contributed by atoms with Crippen molar-refractivity contribution in [1.82, 2.24) is 5.32 Å². The lowest BCUT2D eigenvalue weighted by Crippen LogP contribution is -2.53. The zero-order chi connectivity index (χ0) is 21.4. The van der Waals surface area contributed by atoms with Gasteiger partial charge in [-0.15, -0.1) is 0 Å². The highest BCUT2D eigenvalue weighted by Gasteiger charge is 2.41. The van der Waals surface area contributed by atoms with Gasteiger partial charge in [0.25, 0.3) is 0 Å². The molecule has 4 N–H and O–H groups in total. The topological polar surface area (TPSA) is 89.8 Å². The van der Waals surface area contributed by atoms with Gasteiger partial charge in [-0.2, -0.15) is 13.2 Å². The maximum absolute atomic E-state index is 12.2. The molecule has 0 spiro atoms. The van der Waals surface area contributed by atoms with Gasteiger partial charge in [0.05, 0.1) is 18.8 Å². The summed E-state index contributed by atoms with van der Waals surface area (Å²) in [6, 6.07) is -1.55. The number of hydrogen-bond acceptors (Lipinski definition) is 4. The average molecular weight is 414 g/mol.